The molecule has 8 heteroatoms. The molecule has 1 aliphatic rings. The molecule has 0 aromatic carbocycles. The summed E-state index contributed by atoms with van der Waals surface area (Å²) in [6.45, 7) is 1.98. The molecular weight excluding hydrogens is 286 g/mol. The number of aromatic amines is 1. The normalized spacial score (nSPS) is 21.4. The Balaban J connectivity index is 1.79. The van der Waals surface area contributed by atoms with E-state index in [2.05, 4.69) is 15.5 Å². The van der Waals surface area contributed by atoms with Crippen LogP contribution < -0.4 is 5.32 Å². The molecule has 0 bridgehead atoms. The number of rotatable bonds is 5. The lowest BCUT2D eigenvalue weighted by Gasteiger charge is -2.08. The molecular formula is C11H17N3O3S2. The zero-order valence-electron chi connectivity index (χ0n) is 10.7. The maximum absolute atomic E-state index is 11.8. The number of carbonyl (C=O) groups excluding carboxylic acids is 1. The van der Waals surface area contributed by atoms with E-state index < -0.39 is 9.84 Å². The van der Waals surface area contributed by atoms with Crippen LogP contribution in [0.1, 0.15) is 18.9 Å². The van der Waals surface area contributed by atoms with Crippen molar-refractivity contribution in [2.24, 2.45) is 0 Å². The van der Waals surface area contributed by atoms with Crippen LogP contribution in [0.5, 0.6) is 0 Å². The van der Waals surface area contributed by atoms with Gasteiger partial charge in [-0.1, -0.05) is 6.92 Å². The van der Waals surface area contributed by atoms with E-state index in [9.17, 15) is 13.2 Å². The fourth-order valence-corrected chi connectivity index (χ4v) is 5.39. The first-order valence-electron chi connectivity index (χ1n) is 6.14. The molecule has 1 aromatic heterocycles. The number of anilines is 1. The minimum atomic E-state index is -2.87. The second kappa shape index (κ2) is 5.96. The van der Waals surface area contributed by atoms with E-state index in [1.807, 2.05) is 6.92 Å². The molecule has 19 heavy (non-hydrogen) atoms. The lowest BCUT2D eigenvalue weighted by atomic mass is 10.2. The van der Waals surface area contributed by atoms with Crippen LogP contribution in [0.15, 0.2) is 6.20 Å². The van der Waals surface area contributed by atoms with Crippen LogP contribution in [-0.2, 0) is 21.1 Å². The molecule has 1 saturated heterocycles. The summed E-state index contributed by atoms with van der Waals surface area (Å²) in [5.74, 6) is 1.20. The van der Waals surface area contributed by atoms with Crippen molar-refractivity contribution in [1.29, 1.82) is 0 Å². The number of carbonyl (C=O) groups is 1. The van der Waals surface area contributed by atoms with Gasteiger partial charge in [-0.25, -0.2) is 8.42 Å². The molecule has 6 nitrogen and oxygen atoms in total. The molecule has 2 N–H and O–H groups in total. The fourth-order valence-electron chi connectivity index (χ4n) is 1.95. The van der Waals surface area contributed by atoms with Gasteiger partial charge in [-0.05, 0) is 12.8 Å². The summed E-state index contributed by atoms with van der Waals surface area (Å²) in [5, 5.41) is 9.42. The van der Waals surface area contributed by atoms with E-state index in [1.165, 1.54) is 11.8 Å². The number of aromatic nitrogens is 2. The summed E-state index contributed by atoms with van der Waals surface area (Å²) in [6, 6.07) is 0. The standard InChI is InChI=1S/C11H17N3O3S2/c1-2-8-5-12-14-11(8)13-10(15)6-18-9-3-4-19(16,17)7-9/h5,9H,2-4,6-7H2,1H3,(H2,12,13,14,15). The fraction of sp³-hybridized carbons (Fsp3) is 0.636. The lowest BCUT2D eigenvalue weighted by Crippen LogP contribution is -2.18. The van der Waals surface area contributed by atoms with Gasteiger partial charge in [-0.3, -0.25) is 9.89 Å². The summed E-state index contributed by atoms with van der Waals surface area (Å²) >= 11 is 1.40. The Morgan fingerprint density at radius 3 is 3.05 bits per heavy atom. The first kappa shape index (κ1) is 14.4. The van der Waals surface area contributed by atoms with Crippen molar-refractivity contribution in [2.75, 3.05) is 22.6 Å². The minimum absolute atomic E-state index is 0.0446. The zero-order valence-corrected chi connectivity index (χ0v) is 12.3. The first-order chi connectivity index (χ1) is 9.00. The summed E-state index contributed by atoms with van der Waals surface area (Å²) in [7, 11) is -2.87. The van der Waals surface area contributed by atoms with Crippen molar-refractivity contribution in [1.82, 2.24) is 10.2 Å². The van der Waals surface area contributed by atoms with Crippen molar-refractivity contribution < 1.29 is 13.2 Å². The predicted molar refractivity (Wildman–Crippen MR) is 76.1 cm³/mol. The monoisotopic (exact) mass is 303 g/mol. The zero-order chi connectivity index (χ0) is 13.9. The quantitative estimate of drug-likeness (QED) is 0.840. The molecule has 0 saturated carbocycles. The SMILES string of the molecule is CCc1cn[nH]c1NC(=O)CSC1CCS(=O)(=O)C1. The highest BCUT2D eigenvalue weighted by molar-refractivity contribution is 8.02. The van der Waals surface area contributed by atoms with Gasteiger partial charge in [-0.2, -0.15) is 5.10 Å². The average Bonchev–Trinajstić information content (AvgIpc) is 2.93. The molecule has 1 fully saturated rings. The number of nitrogens with zero attached hydrogens (tertiary/aromatic N) is 1. The summed E-state index contributed by atoms with van der Waals surface area (Å²) in [6.07, 6.45) is 3.12. The predicted octanol–water partition coefficient (Wildman–Crippen LogP) is 0.831. The molecule has 0 radical (unpaired) electrons. The van der Waals surface area contributed by atoms with E-state index in [0.717, 1.165) is 12.0 Å². The van der Waals surface area contributed by atoms with Crippen molar-refractivity contribution in [3.05, 3.63) is 11.8 Å². The van der Waals surface area contributed by atoms with Gasteiger partial charge in [0.25, 0.3) is 0 Å². The maximum Gasteiger partial charge on any atom is 0.235 e. The van der Waals surface area contributed by atoms with E-state index in [-0.39, 0.29) is 28.4 Å². The number of amides is 1. The molecule has 0 spiro atoms. The molecule has 1 atom stereocenters. The van der Waals surface area contributed by atoms with Crippen LogP contribution in [0.3, 0.4) is 0 Å². The molecule has 2 rings (SSSR count). The third kappa shape index (κ3) is 3.97. The maximum atomic E-state index is 11.8. The van der Waals surface area contributed by atoms with Crippen LogP contribution in [0, 0.1) is 0 Å². The number of aryl methyl sites for hydroxylation is 1. The Hall–Kier alpha value is -1.02. The molecule has 1 amide bonds. The minimum Gasteiger partial charge on any atom is -0.310 e. The topological polar surface area (TPSA) is 91.9 Å². The average molecular weight is 303 g/mol. The highest BCUT2D eigenvalue weighted by Gasteiger charge is 2.28. The van der Waals surface area contributed by atoms with Crippen molar-refractivity contribution in [3.63, 3.8) is 0 Å². The van der Waals surface area contributed by atoms with Crippen LogP contribution in [-0.4, -0.2) is 47.0 Å². The number of nitrogens with one attached hydrogen (secondary N) is 2. The Labute approximate surface area is 116 Å². The van der Waals surface area contributed by atoms with E-state index >= 15 is 0 Å². The number of hydrogen-bond donors (Lipinski definition) is 2. The van der Waals surface area contributed by atoms with Gasteiger partial charge >= 0.3 is 0 Å². The van der Waals surface area contributed by atoms with Gasteiger partial charge in [-0.15, -0.1) is 11.8 Å². The molecule has 1 unspecified atom stereocenters. The first-order valence-corrected chi connectivity index (χ1v) is 9.01. The summed E-state index contributed by atoms with van der Waals surface area (Å²) < 4.78 is 22.6. The van der Waals surface area contributed by atoms with Crippen LogP contribution >= 0.6 is 11.8 Å². The van der Waals surface area contributed by atoms with Crippen molar-refractivity contribution >= 4 is 33.3 Å². The van der Waals surface area contributed by atoms with Gasteiger partial charge in [0.2, 0.25) is 5.91 Å². The van der Waals surface area contributed by atoms with Crippen LogP contribution in [0.4, 0.5) is 5.82 Å². The van der Waals surface area contributed by atoms with Gasteiger partial charge in [0.05, 0.1) is 23.5 Å². The van der Waals surface area contributed by atoms with Crippen LogP contribution in [0.2, 0.25) is 0 Å². The molecule has 1 aliphatic heterocycles. The summed E-state index contributed by atoms with van der Waals surface area (Å²) in [4.78, 5) is 11.8. The highest BCUT2D eigenvalue weighted by Crippen LogP contribution is 2.24. The van der Waals surface area contributed by atoms with Crippen molar-refractivity contribution in [2.45, 2.75) is 25.0 Å². The van der Waals surface area contributed by atoms with Gasteiger partial charge in [0.1, 0.15) is 5.82 Å². The Bertz CT molecular complexity index is 553. The van der Waals surface area contributed by atoms with Gasteiger partial charge in [0.15, 0.2) is 9.84 Å². The van der Waals surface area contributed by atoms with E-state index in [4.69, 9.17) is 0 Å². The molecule has 1 aromatic rings. The van der Waals surface area contributed by atoms with Crippen LogP contribution in [0.25, 0.3) is 0 Å². The number of H-pyrrole nitrogens is 1. The van der Waals surface area contributed by atoms with Gasteiger partial charge in [0, 0.05) is 10.8 Å². The van der Waals surface area contributed by atoms with E-state index in [1.54, 1.807) is 6.20 Å². The lowest BCUT2D eigenvalue weighted by molar-refractivity contribution is -0.113. The molecule has 106 valence electrons. The largest absolute Gasteiger partial charge is 0.310 e. The Morgan fingerprint density at radius 1 is 1.63 bits per heavy atom. The Morgan fingerprint density at radius 2 is 2.42 bits per heavy atom. The number of sulfone groups is 1. The second-order valence-corrected chi connectivity index (χ2v) is 8.03. The van der Waals surface area contributed by atoms with Crippen molar-refractivity contribution in [3.8, 4) is 0 Å². The molecule has 0 aliphatic carbocycles. The Kier molecular flexibility index (Phi) is 4.51. The highest BCUT2D eigenvalue weighted by atomic mass is 32.2. The smallest absolute Gasteiger partial charge is 0.235 e. The van der Waals surface area contributed by atoms with Gasteiger partial charge < -0.3 is 5.32 Å². The molecule has 2 heterocycles. The number of thioether (sulfide) groups is 1. The van der Waals surface area contributed by atoms with E-state index in [0.29, 0.717) is 12.2 Å². The number of hydrogen-bond acceptors (Lipinski definition) is 5. The summed E-state index contributed by atoms with van der Waals surface area (Å²) in [5.41, 5.74) is 0.960. The third-order valence-electron chi connectivity index (χ3n) is 3.00. The third-order valence-corrected chi connectivity index (χ3v) is 6.29. The second-order valence-electron chi connectivity index (χ2n) is 4.51.